The van der Waals surface area contributed by atoms with Crippen molar-refractivity contribution in [2.75, 3.05) is 11.9 Å². The smallest absolute Gasteiger partial charge is 0.229 e. The highest BCUT2D eigenvalue weighted by Crippen LogP contribution is 2.39. The summed E-state index contributed by atoms with van der Waals surface area (Å²) in [5.41, 5.74) is 2.10. The summed E-state index contributed by atoms with van der Waals surface area (Å²) >= 11 is 5.75. The van der Waals surface area contributed by atoms with E-state index in [1.54, 1.807) is 18.5 Å². The van der Waals surface area contributed by atoms with Crippen molar-refractivity contribution in [1.29, 1.82) is 0 Å². The normalized spacial score (nSPS) is 18.3. The highest BCUT2D eigenvalue weighted by atomic mass is 35.5. The Labute approximate surface area is 169 Å². The average Bonchev–Trinajstić information content (AvgIpc) is 3.10. The van der Waals surface area contributed by atoms with Gasteiger partial charge < -0.3 is 10.4 Å². The molecule has 29 heavy (non-hydrogen) atoms. The molecule has 0 radical (unpaired) electrons. The zero-order chi connectivity index (χ0) is 20.0. The van der Waals surface area contributed by atoms with E-state index in [1.165, 1.54) is 16.8 Å². The third kappa shape index (κ3) is 3.52. The van der Waals surface area contributed by atoms with Crippen molar-refractivity contribution in [2.45, 2.75) is 13.0 Å². The molecule has 1 fully saturated rings. The van der Waals surface area contributed by atoms with Crippen LogP contribution in [0.15, 0.2) is 36.8 Å². The van der Waals surface area contributed by atoms with Crippen molar-refractivity contribution < 1.29 is 9.50 Å². The lowest BCUT2D eigenvalue weighted by molar-refractivity contribution is 0.265. The summed E-state index contributed by atoms with van der Waals surface area (Å²) in [5.74, 6) is 0.647. The molecule has 3 heterocycles. The molecule has 1 saturated carbocycles. The Morgan fingerprint density at radius 2 is 2.17 bits per heavy atom. The van der Waals surface area contributed by atoms with Gasteiger partial charge in [-0.25, -0.2) is 9.37 Å². The number of rotatable bonds is 6. The van der Waals surface area contributed by atoms with E-state index in [-0.39, 0.29) is 11.6 Å². The van der Waals surface area contributed by atoms with E-state index in [0.717, 1.165) is 18.7 Å². The molecule has 11 heteroatoms. The van der Waals surface area contributed by atoms with Crippen LogP contribution in [-0.4, -0.2) is 46.5 Å². The van der Waals surface area contributed by atoms with E-state index >= 15 is 0 Å². The molecule has 2 unspecified atom stereocenters. The molecule has 0 spiro atoms. The number of aliphatic hydroxyl groups excluding tert-OH is 1. The maximum absolute atomic E-state index is 13.8. The van der Waals surface area contributed by atoms with E-state index in [9.17, 15) is 4.39 Å². The highest BCUT2D eigenvalue weighted by molar-refractivity contribution is 6.30. The minimum Gasteiger partial charge on any atom is -0.396 e. The second-order valence-electron chi connectivity index (χ2n) is 7.02. The van der Waals surface area contributed by atoms with Gasteiger partial charge in [0.05, 0.1) is 28.8 Å². The number of hydrogen-bond donors (Lipinski definition) is 2. The van der Waals surface area contributed by atoms with Gasteiger partial charge in [0.2, 0.25) is 5.95 Å². The quantitative estimate of drug-likeness (QED) is 0.499. The van der Waals surface area contributed by atoms with Gasteiger partial charge in [-0.15, -0.1) is 5.10 Å². The van der Waals surface area contributed by atoms with Crippen LogP contribution in [0, 0.1) is 17.7 Å². The molecule has 0 bridgehead atoms. The van der Waals surface area contributed by atoms with Crippen LogP contribution in [0.25, 0.3) is 16.9 Å². The van der Waals surface area contributed by atoms with Gasteiger partial charge in [-0.3, -0.25) is 4.68 Å². The summed E-state index contributed by atoms with van der Waals surface area (Å²) in [6.45, 7) is 0.996. The molecule has 0 amide bonds. The molecular weight excluding hydrogens is 399 g/mol. The Hall–Kier alpha value is -3.11. The van der Waals surface area contributed by atoms with Gasteiger partial charge in [-0.2, -0.15) is 14.8 Å². The zero-order valence-corrected chi connectivity index (χ0v) is 15.8. The van der Waals surface area contributed by atoms with Crippen molar-refractivity contribution in [3.05, 3.63) is 47.6 Å². The third-order valence-corrected chi connectivity index (χ3v) is 5.26. The number of anilines is 2. The molecule has 0 saturated heterocycles. The molecule has 0 aliphatic heterocycles. The largest absolute Gasteiger partial charge is 0.396 e. The Morgan fingerprint density at radius 3 is 2.97 bits per heavy atom. The maximum Gasteiger partial charge on any atom is 0.229 e. The molecule has 2 atom stereocenters. The van der Waals surface area contributed by atoms with E-state index in [1.807, 2.05) is 10.9 Å². The fourth-order valence-electron chi connectivity index (χ4n) is 3.23. The lowest BCUT2D eigenvalue weighted by Crippen LogP contribution is -2.03. The number of benzene rings is 1. The summed E-state index contributed by atoms with van der Waals surface area (Å²) in [6, 6.07) is 4.36. The van der Waals surface area contributed by atoms with Crippen LogP contribution in [0.4, 0.5) is 16.0 Å². The number of aliphatic hydroxyl groups is 1. The number of halogens is 2. The fraction of sp³-hybridized carbons (Fsp3) is 0.278. The number of aromatic nitrogens is 7. The molecule has 1 aromatic carbocycles. The van der Waals surface area contributed by atoms with Crippen molar-refractivity contribution >= 4 is 34.4 Å². The van der Waals surface area contributed by atoms with Crippen LogP contribution in [-0.2, 0) is 6.54 Å². The molecule has 2 N–H and O–H groups in total. The van der Waals surface area contributed by atoms with Crippen molar-refractivity contribution in [3.63, 3.8) is 0 Å². The number of nitrogens with one attached hydrogen (secondary N) is 1. The van der Waals surface area contributed by atoms with E-state index in [4.69, 9.17) is 16.7 Å². The SMILES string of the molecule is OCC1CC1Cn1cc(Nc2ncc3nnn(-c4ccc(Cl)c(F)c4)c3n2)cn1. The number of hydrogen-bond acceptors (Lipinski definition) is 7. The summed E-state index contributed by atoms with van der Waals surface area (Å²) in [4.78, 5) is 8.70. The Morgan fingerprint density at radius 1 is 1.28 bits per heavy atom. The lowest BCUT2D eigenvalue weighted by Gasteiger charge is -2.04. The summed E-state index contributed by atoms with van der Waals surface area (Å²) < 4.78 is 17.1. The molecule has 4 aromatic rings. The topological polar surface area (TPSA) is 107 Å². The first-order chi connectivity index (χ1) is 14.1. The predicted octanol–water partition coefficient (Wildman–Crippen LogP) is 2.57. The number of fused-ring (bicyclic) bond motifs is 1. The second kappa shape index (κ2) is 7.05. The standard InChI is InChI=1S/C18H16ClFN8O/c19-14-2-1-13(4-15(14)20)28-17-16(25-26-28)6-21-18(24-17)23-12-5-22-27(8-12)7-10-3-11(10)9-29/h1-2,4-6,8,10-11,29H,3,7,9H2,(H,21,23,24). The van der Waals surface area contributed by atoms with Gasteiger partial charge in [0, 0.05) is 25.4 Å². The first-order valence-corrected chi connectivity index (χ1v) is 9.43. The Bertz CT molecular complexity index is 1190. The second-order valence-corrected chi connectivity index (χ2v) is 7.42. The summed E-state index contributed by atoms with van der Waals surface area (Å²) in [7, 11) is 0. The van der Waals surface area contributed by atoms with E-state index in [2.05, 4.69) is 30.7 Å². The average molecular weight is 415 g/mol. The van der Waals surface area contributed by atoms with Crippen molar-refractivity contribution in [1.82, 2.24) is 34.7 Å². The fourth-order valence-corrected chi connectivity index (χ4v) is 3.35. The predicted molar refractivity (Wildman–Crippen MR) is 104 cm³/mol. The number of nitrogens with zero attached hydrogens (tertiary/aromatic N) is 7. The molecule has 9 nitrogen and oxygen atoms in total. The van der Waals surface area contributed by atoms with Crippen LogP contribution in [0.5, 0.6) is 0 Å². The van der Waals surface area contributed by atoms with Gasteiger partial charge in [-0.05, 0) is 30.4 Å². The molecule has 5 rings (SSSR count). The molecule has 148 valence electrons. The molecular formula is C18H16ClFN8O. The monoisotopic (exact) mass is 414 g/mol. The van der Waals surface area contributed by atoms with E-state index < -0.39 is 5.82 Å². The third-order valence-electron chi connectivity index (χ3n) is 4.95. The molecule has 1 aliphatic rings. The van der Waals surface area contributed by atoms with Crippen LogP contribution in [0.3, 0.4) is 0 Å². The highest BCUT2D eigenvalue weighted by Gasteiger charge is 2.36. The van der Waals surface area contributed by atoms with Gasteiger partial charge >= 0.3 is 0 Å². The Kier molecular flexibility index (Phi) is 4.36. The minimum absolute atomic E-state index is 0.0312. The molecule has 1 aliphatic carbocycles. The van der Waals surface area contributed by atoms with Crippen LogP contribution >= 0.6 is 11.6 Å². The summed E-state index contributed by atoms with van der Waals surface area (Å²) in [5, 5.41) is 24.7. The maximum atomic E-state index is 13.8. The minimum atomic E-state index is -0.549. The van der Waals surface area contributed by atoms with Crippen LogP contribution < -0.4 is 5.32 Å². The first-order valence-electron chi connectivity index (χ1n) is 9.05. The van der Waals surface area contributed by atoms with Gasteiger partial charge in [0.15, 0.2) is 11.2 Å². The van der Waals surface area contributed by atoms with Crippen molar-refractivity contribution in [3.8, 4) is 5.69 Å². The lowest BCUT2D eigenvalue weighted by atomic mass is 10.3. The van der Waals surface area contributed by atoms with Crippen LogP contribution in [0.1, 0.15) is 6.42 Å². The van der Waals surface area contributed by atoms with Gasteiger partial charge in [0.25, 0.3) is 0 Å². The summed E-state index contributed by atoms with van der Waals surface area (Å²) in [6.07, 6.45) is 6.13. The van der Waals surface area contributed by atoms with E-state index in [0.29, 0.717) is 34.6 Å². The Balaban J connectivity index is 1.38. The zero-order valence-electron chi connectivity index (χ0n) is 15.1. The molecule has 3 aromatic heterocycles. The van der Waals surface area contributed by atoms with Crippen LogP contribution in [0.2, 0.25) is 5.02 Å². The van der Waals surface area contributed by atoms with Gasteiger partial charge in [0.1, 0.15) is 5.82 Å². The first kappa shape index (κ1) is 18.0. The van der Waals surface area contributed by atoms with Crippen molar-refractivity contribution in [2.24, 2.45) is 11.8 Å². The van der Waals surface area contributed by atoms with Gasteiger partial charge in [-0.1, -0.05) is 16.8 Å².